The van der Waals surface area contributed by atoms with Crippen LogP contribution >= 0.6 is 0 Å². The second kappa shape index (κ2) is 9.73. The predicted octanol–water partition coefficient (Wildman–Crippen LogP) is 2.59. The van der Waals surface area contributed by atoms with E-state index in [0.29, 0.717) is 30.2 Å². The normalized spacial score (nSPS) is 10.5. The first-order valence-corrected chi connectivity index (χ1v) is 9.63. The summed E-state index contributed by atoms with van der Waals surface area (Å²) in [7, 11) is 3.14. The molecule has 0 fully saturated rings. The van der Waals surface area contributed by atoms with Gasteiger partial charge in [0.25, 0.3) is 5.56 Å². The molecule has 0 radical (unpaired) electrons. The Morgan fingerprint density at radius 2 is 1.80 bits per heavy atom. The number of ether oxygens (including phenoxy) is 2. The maximum Gasteiger partial charge on any atom is 0.266 e. The fourth-order valence-corrected chi connectivity index (χ4v) is 3.10. The van der Waals surface area contributed by atoms with Crippen molar-refractivity contribution in [2.24, 2.45) is 0 Å². The van der Waals surface area contributed by atoms with E-state index >= 15 is 0 Å². The molecule has 2 aromatic carbocycles. The molecule has 3 rings (SSSR count). The van der Waals surface area contributed by atoms with Gasteiger partial charge in [-0.15, -0.1) is 0 Å². The summed E-state index contributed by atoms with van der Waals surface area (Å²) < 4.78 is 11.9. The third kappa shape index (κ3) is 5.05. The number of benzene rings is 2. The molecule has 0 atom stereocenters. The third-order valence-electron chi connectivity index (χ3n) is 4.80. The Morgan fingerprint density at radius 3 is 2.53 bits per heavy atom. The van der Waals surface area contributed by atoms with Crippen molar-refractivity contribution >= 4 is 5.91 Å². The number of methoxy groups -OCH3 is 2. The van der Waals surface area contributed by atoms with E-state index in [1.54, 1.807) is 32.4 Å². The lowest BCUT2D eigenvalue weighted by atomic mass is 10.1. The van der Waals surface area contributed by atoms with Crippen LogP contribution in [-0.2, 0) is 17.8 Å². The monoisotopic (exact) mass is 407 g/mol. The number of nitrogens with zero attached hydrogens (tertiary/aromatic N) is 2. The van der Waals surface area contributed by atoms with Crippen LogP contribution in [0.1, 0.15) is 11.1 Å². The van der Waals surface area contributed by atoms with E-state index in [2.05, 4.69) is 10.4 Å². The van der Waals surface area contributed by atoms with Crippen LogP contribution in [-0.4, -0.2) is 36.5 Å². The third-order valence-corrected chi connectivity index (χ3v) is 4.80. The smallest absolute Gasteiger partial charge is 0.266 e. The molecule has 0 aliphatic carbocycles. The maximum atomic E-state index is 12.2. The van der Waals surface area contributed by atoms with Gasteiger partial charge in [0.05, 0.1) is 32.9 Å². The molecule has 0 saturated carbocycles. The van der Waals surface area contributed by atoms with Crippen molar-refractivity contribution in [3.05, 3.63) is 76.1 Å². The van der Waals surface area contributed by atoms with Gasteiger partial charge in [-0.25, -0.2) is 4.68 Å². The fourth-order valence-electron chi connectivity index (χ4n) is 3.10. The molecular formula is C23H25N3O4. The van der Waals surface area contributed by atoms with Gasteiger partial charge in [0.15, 0.2) is 11.5 Å². The molecule has 0 spiro atoms. The molecular weight excluding hydrogens is 382 g/mol. The zero-order chi connectivity index (χ0) is 21.5. The van der Waals surface area contributed by atoms with Crippen molar-refractivity contribution in [2.45, 2.75) is 19.9 Å². The quantitative estimate of drug-likeness (QED) is 0.621. The van der Waals surface area contributed by atoms with E-state index in [1.807, 2.05) is 37.3 Å². The Hall–Kier alpha value is -3.61. The van der Waals surface area contributed by atoms with E-state index < -0.39 is 0 Å². The van der Waals surface area contributed by atoms with E-state index in [9.17, 15) is 9.59 Å². The van der Waals surface area contributed by atoms with Crippen molar-refractivity contribution in [3.63, 3.8) is 0 Å². The molecule has 1 aromatic heterocycles. The summed E-state index contributed by atoms with van der Waals surface area (Å²) in [4.78, 5) is 24.4. The van der Waals surface area contributed by atoms with E-state index in [0.717, 1.165) is 16.7 Å². The first-order valence-electron chi connectivity index (χ1n) is 9.63. The number of hydrogen-bond donors (Lipinski definition) is 1. The number of amides is 1. The molecule has 0 aliphatic heterocycles. The Kier molecular flexibility index (Phi) is 6.85. The molecule has 7 nitrogen and oxygen atoms in total. The highest BCUT2D eigenvalue weighted by atomic mass is 16.5. The van der Waals surface area contributed by atoms with Gasteiger partial charge in [-0.3, -0.25) is 9.59 Å². The number of rotatable bonds is 8. The standard InChI is InChI=1S/C23H25N3O4/c1-16-6-4-5-7-17(16)15-22(27)24-12-13-26-23(28)11-9-19(25-26)18-8-10-20(29-2)21(14-18)30-3/h4-11,14H,12-13,15H2,1-3H3,(H,24,27). The molecule has 0 bridgehead atoms. The summed E-state index contributed by atoms with van der Waals surface area (Å²) >= 11 is 0. The lowest BCUT2D eigenvalue weighted by molar-refractivity contribution is -0.120. The molecule has 1 heterocycles. The van der Waals surface area contributed by atoms with Crippen molar-refractivity contribution in [2.75, 3.05) is 20.8 Å². The molecule has 7 heteroatoms. The van der Waals surface area contributed by atoms with Crippen molar-refractivity contribution in [3.8, 4) is 22.8 Å². The number of aromatic nitrogens is 2. The Bertz CT molecular complexity index is 1090. The highest BCUT2D eigenvalue weighted by molar-refractivity contribution is 5.78. The minimum absolute atomic E-state index is 0.0894. The highest BCUT2D eigenvalue weighted by Gasteiger charge is 2.10. The van der Waals surface area contributed by atoms with Gasteiger partial charge in [0.2, 0.25) is 5.91 Å². The maximum absolute atomic E-state index is 12.2. The van der Waals surface area contributed by atoms with E-state index in [4.69, 9.17) is 9.47 Å². The van der Waals surface area contributed by atoms with Crippen LogP contribution < -0.4 is 20.3 Å². The zero-order valence-corrected chi connectivity index (χ0v) is 17.3. The van der Waals surface area contributed by atoms with Crippen LogP contribution in [0.25, 0.3) is 11.3 Å². The lowest BCUT2D eigenvalue weighted by Gasteiger charge is -2.11. The summed E-state index contributed by atoms with van der Waals surface area (Å²) in [5, 5.41) is 7.28. The Morgan fingerprint density at radius 1 is 1.03 bits per heavy atom. The van der Waals surface area contributed by atoms with Crippen LogP contribution in [0.4, 0.5) is 0 Å². The summed E-state index contributed by atoms with van der Waals surface area (Å²) in [6, 6.07) is 16.4. The first-order chi connectivity index (χ1) is 14.5. The van der Waals surface area contributed by atoms with Gasteiger partial charge in [0.1, 0.15) is 0 Å². The Balaban J connectivity index is 1.67. The van der Waals surface area contributed by atoms with Gasteiger partial charge < -0.3 is 14.8 Å². The van der Waals surface area contributed by atoms with Crippen LogP contribution in [0.3, 0.4) is 0 Å². The first kappa shape index (κ1) is 21.1. The zero-order valence-electron chi connectivity index (χ0n) is 17.3. The average molecular weight is 407 g/mol. The molecule has 1 N–H and O–H groups in total. The second-order valence-corrected chi connectivity index (χ2v) is 6.80. The van der Waals surface area contributed by atoms with Crippen LogP contribution in [0, 0.1) is 6.92 Å². The predicted molar refractivity (Wildman–Crippen MR) is 115 cm³/mol. The van der Waals surface area contributed by atoms with Gasteiger partial charge in [-0.05, 0) is 42.3 Å². The highest BCUT2D eigenvalue weighted by Crippen LogP contribution is 2.31. The van der Waals surface area contributed by atoms with Crippen molar-refractivity contribution < 1.29 is 14.3 Å². The molecule has 0 saturated heterocycles. The second-order valence-electron chi connectivity index (χ2n) is 6.80. The summed E-state index contributed by atoms with van der Waals surface area (Å²) in [6.07, 6.45) is 0.306. The van der Waals surface area contributed by atoms with Gasteiger partial charge >= 0.3 is 0 Å². The molecule has 156 valence electrons. The lowest BCUT2D eigenvalue weighted by Crippen LogP contribution is -2.32. The van der Waals surface area contributed by atoms with Gasteiger partial charge in [-0.1, -0.05) is 24.3 Å². The van der Waals surface area contributed by atoms with E-state index in [1.165, 1.54) is 10.7 Å². The van der Waals surface area contributed by atoms with E-state index in [-0.39, 0.29) is 18.0 Å². The SMILES string of the molecule is COc1ccc(-c2ccc(=O)n(CCNC(=O)Cc3ccccc3C)n2)cc1OC. The number of nitrogens with one attached hydrogen (secondary N) is 1. The molecule has 3 aromatic rings. The number of carbonyl (C=O) groups is 1. The van der Waals surface area contributed by atoms with Crippen LogP contribution in [0.2, 0.25) is 0 Å². The fraction of sp³-hybridized carbons (Fsp3) is 0.261. The van der Waals surface area contributed by atoms with Crippen LogP contribution in [0.15, 0.2) is 59.4 Å². The van der Waals surface area contributed by atoms with Gasteiger partial charge in [-0.2, -0.15) is 5.10 Å². The minimum atomic E-state index is -0.229. The number of hydrogen-bond acceptors (Lipinski definition) is 5. The van der Waals surface area contributed by atoms with Gasteiger partial charge in [0, 0.05) is 18.2 Å². The largest absolute Gasteiger partial charge is 0.493 e. The summed E-state index contributed by atoms with van der Waals surface area (Å²) in [6.45, 7) is 2.57. The molecule has 1 amide bonds. The topological polar surface area (TPSA) is 82.5 Å². The molecule has 0 unspecified atom stereocenters. The minimum Gasteiger partial charge on any atom is -0.493 e. The number of carbonyl (C=O) groups excluding carboxylic acids is 1. The average Bonchev–Trinajstić information content (AvgIpc) is 2.76. The number of aryl methyl sites for hydroxylation is 1. The van der Waals surface area contributed by atoms with Crippen molar-refractivity contribution in [1.82, 2.24) is 15.1 Å². The van der Waals surface area contributed by atoms with Crippen LogP contribution in [0.5, 0.6) is 11.5 Å². The molecule has 30 heavy (non-hydrogen) atoms. The molecule has 0 aliphatic rings. The Labute approximate surface area is 175 Å². The summed E-state index contributed by atoms with van der Waals surface area (Å²) in [5.41, 5.74) is 3.26. The van der Waals surface area contributed by atoms with Crippen molar-refractivity contribution in [1.29, 1.82) is 0 Å². The summed E-state index contributed by atoms with van der Waals surface area (Å²) in [5.74, 6) is 1.11.